The van der Waals surface area contributed by atoms with Crippen molar-refractivity contribution in [1.29, 1.82) is 0 Å². The van der Waals surface area contributed by atoms with Crippen LogP contribution in [-0.4, -0.2) is 65.0 Å². The number of aromatic nitrogens is 1. The summed E-state index contributed by atoms with van der Waals surface area (Å²) in [5.74, 6) is 0.560. The van der Waals surface area contributed by atoms with Crippen LogP contribution in [0.3, 0.4) is 0 Å². The minimum Gasteiger partial charge on any atom is -0.381 e. The van der Waals surface area contributed by atoms with Crippen molar-refractivity contribution in [1.82, 2.24) is 14.8 Å². The first-order valence-electron chi connectivity index (χ1n) is 9.75. The number of ether oxygens (including phenoxy) is 1. The topological polar surface area (TPSA) is 62.7 Å². The molecule has 0 radical (unpaired) electrons. The Balaban J connectivity index is 1.47. The fourth-order valence-corrected chi connectivity index (χ4v) is 4.18. The number of hydrogen-bond donors (Lipinski definition) is 0. The molecule has 1 aromatic heterocycles. The summed E-state index contributed by atoms with van der Waals surface area (Å²) in [6, 6.07) is 4.01. The Morgan fingerprint density at radius 3 is 2.62 bits per heavy atom. The third-order valence-electron chi connectivity index (χ3n) is 5.75. The summed E-state index contributed by atoms with van der Waals surface area (Å²) in [6.45, 7) is 4.69. The fourth-order valence-electron chi connectivity index (χ4n) is 4.18. The van der Waals surface area contributed by atoms with Gasteiger partial charge in [0.25, 0.3) is 5.91 Å². The largest absolute Gasteiger partial charge is 0.381 e. The van der Waals surface area contributed by atoms with Crippen LogP contribution in [0.25, 0.3) is 0 Å². The van der Waals surface area contributed by atoms with Crippen molar-refractivity contribution >= 4 is 11.8 Å². The van der Waals surface area contributed by atoms with E-state index in [1.54, 1.807) is 12.3 Å². The van der Waals surface area contributed by atoms with Crippen molar-refractivity contribution in [2.75, 3.05) is 26.3 Å². The summed E-state index contributed by atoms with van der Waals surface area (Å²) >= 11 is 0. The molecule has 6 heteroatoms. The zero-order chi connectivity index (χ0) is 18.1. The van der Waals surface area contributed by atoms with Gasteiger partial charge >= 0.3 is 0 Å². The minimum atomic E-state index is 0.0452. The predicted octanol–water partition coefficient (Wildman–Crippen LogP) is 2.02. The van der Waals surface area contributed by atoms with E-state index in [4.69, 9.17) is 4.74 Å². The molecular weight excluding hydrogens is 330 g/mol. The zero-order valence-electron chi connectivity index (χ0n) is 15.4. The van der Waals surface area contributed by atoms with Crippen LogP contribution < -0.4 is 0 Å². The average molecular weight is 357 g/mol. The van der Waals surface area contributed by atoms with Gasteiger partial charge in [-0.05, 0) is 51.2 Å². The highest BCUT2D eigenvalue weighted by Gasteiger charge is 2.42. The number of nitrogens with zero attached hydrogens (tertiary/aromatic N) is 3. The third kappa shape index (κ3) is 3.61. The summed E-state index contributed by atoms with van der Waals surface area (Å²) in [6.07, 6.45) is 6.40. The van der Waals surface area contributed by atoms with E-state index in [0.29, 0.717) is 24.6 Å². The van der Waals surface area contributed by atoms with Crippen LogP contribution in [0.1, 0.15) is 48.2 Å². The van der Waals surface area contributed by atoms with Crippen LogP contribution in [0.4, 0.5) is 0 Å². The van der Waals surface area contributed by atoms with Crippen LogP contribution in [0.15, 0.2) is 18.3 Å². The monoisotopic (exact) mass is 357 g/mol. The molecule has 1 aromatic rings. The molecule has 4 rings (SSSR count). The number of rotatable bonds is 4. The lowest BCUT2D eigenvalue weighted by molar-refractivity contribution is -0.139. The molecule has 2 amide bonds. The predicted molar refractivity (Wildman–Crippen MR) is 96.7 cm³/mol. The summed E-state index contributed by atoms with van der Waals surface area (Å²) in [4.78, 5) is 34.0. The molecule has 2 saturated heterocycles. The molecule has 0 N–H and O–H groups in total. The van der Waals surface area contributed by atoms with E-state index in [2.05, 4.69) is 9.88 Å². The molecule has 140 valence electrons. The molecule has 3 heterocycles. The summed E-state index contributed by atoms with van der Waals surface area (Å²) in [5, 5.41) is 0. The van der Waals surface area contributed by atoms with E-state index in [-0.39, 0.29) is 23.9 Å². The molecule has 1 saturated carbocycles. The maximum atomic E-state index is 13.0. The van der Waals surface area contributed by atoms with Gasteiger partial charge in [0, 0.05) is 55.7 Å². The van der Waals surface area contributed by atoms with Gasteiger partial charge in [-0.3, -0.25) is 14.6 Å². The van der Waals surface area contributed by atoms with Crippen molar-refractivity contribution in [2.45, 2.75) is 51.1 Å². The van der Waals surface area contributed by atoms with Gasteiger partial charge in [0.2, 0.25) is 5.91 Å². The van der Waals surface area contributed by atoms with Crippen LogP contribution in [-0.2, 0) is 9.53 Å². The quantitative estimate of drug-likeness (QED) is 0.827. The number of likely N-dealkylation sites (tertiary alicyclic amines) is 1. The van der Waals surface area contributed by atoms with Gasteiger partial charge in [0.1, 0.15) is 0 Å². The second-order valence-electron chi connectivity index (χ2n) is 7.74. The highest BCUT2D eigenvalue weighted by atomic mass is 16.5. The van der Waals surface area contributed by atoms with Crippen molar-refractivity contribution in [3.05, 3.63) is 29.6 Å². The van der Waals surface area contributed by atoms with Crippen molar-refractivity contribution in [3.8, 4) is 0 Å². The summed E-state index contributed by atoms with van der Waals surface area (Å²) in [5.41, 5.74) is 1.53. The lowest BCUT2D eigenvalue weighted by Gasteiger charge is -2.38. The van der Waals surface area contributed by atoms with Crippen LogP contribution in [0.5, 0.6) is 0 Å². The molecule has 1 unspecified atom stereocenters. The maximum absolute atomic E-state index is 13.0. The van der Waals surface area contributed by atoms with E-state index in [9.17, 15) is 9.59 Å². The molecule has 1 atom stereocenters. The van der Waals surface area contributed by atoms with Gasteiger partial charge in [0.15, 0.2) is 0 Å². The minimum absolute atomic E-state index is 0.0452. The fraction of sp³-hybridized carbons (Fsp3) is 0.650. The van der Waals surface area contributed by atoms with Crippen LogP contribution in [0.2, 0.25) is 0 Å². The number of amides is 2. The second kappa shape index (κ2) is 7.35. The van der Waals surface area contributed by atoms with Crippen LogP contribution in [0, 0.1) is 12.8 Å². The Hall–Kier alpha value is -1.95. The van der Waals surface area contributed by atoms with Crippen molar-refractivity contribution in [3.63, 3.8) is 0 Å². The lowest BCUT2D eigenvalue weighted by atomic mass is 10.0. The number of aryl methyl sites for hydroxylation is 1. The number of pyridine rings is 1. The van der Waals surface area contributed by atoms with E-state index in [0.717, 1.165) is 51.0 Å². The number of carbonyl (C=O) groups excluding carboxylic acids is 2. The maximum Gasteiger partial charge on any atom is 0.254 e. The Labute approximate surface area is 154 Å². The van der Waals surface area contributed by atoms with Gasteiger partial charge in [0.05, 0.1) is 6.04 Å². The molecule has 0 aromatic carbocycles. The number of carbonyl (C=O) groups is 2. The normalized spacial score (nSPS) is 23.9. The smallest absolute Gasteiger partial charge is 0.254 e. The van der Waals surface area contributed by atoms with E-state index in [1.807, 2.05) is 17.9 Å². The first kappa shape index (κ1) is 17.5. The number of hydrogen-bond acceptors (Lipinski definition) is 4. The Morgan fingerprint density at radius 1 is 1.15 bits per heavy atom. The Morgan fingerprint density at radius 2 is 1.92 bits per heavy atom. The second-order valence-corrected chi connectivity index (χ2v) is 7.74. The van der Waals surface area contributed by atoms with Crippen molar-refractivity contribution < 1.29 is 14.3 Å². The standard InChI is InChI=1S/C20H27N3O3/c1-14-12-16(4-8-21-14)19(24)22-9-5-18(13-22)23(20(25)15-2-3-15)17-6-10-26-11-7-17/h4,8,12,15,17-18H,2-3,5-7,9-11,13H2,1H3. The molecule has 0 spiro atoms. The first-order valence-corrected chi connectivity index (χ1v) is 9.75. The van der Waals surface area contributed by atoms with Crippen molar-refractivity contribution in [2.24, 2.45) is 5.92 Å². The molecule has 0 bridgehead atoms. The zero-order valence-corrected chi connectivity index (χ0v) is 15.4. The lowest BCUT2D eigenvalue weighted by Crippen LogP contribution is -2.51. The third-order valence-corrected chi connectivity index (χ3v) is 5.75. The van der Waals surface area contributed by atoms with Crippen LogP contribution >= 0.6 is 0 Å². The average Bonchev–Trinajstić information content (AvgIpc) is 3.41. The van der Waals surface area contributed by atoms with Gasteiger partial charge in [-0.15, -0.1) is 0 Å². The Kier molecular flexibility index (Phi) is 4.94. The highest BCUT2D eigenvalue weighted by molar-refractivity contribution is 5.94. The molecule has 26 heavy (non-hydrogen) atoms. The SMILES string of the molecule is Cc1cc(C(=O)N2CCC(N(C(=O)C3CC3)C3CCOCC3)C2)ccn1. The van der Waals surface area contributed by atoms with E-state index in [1.165, 1.54) is 0 Å². The molecule has 3 aliphatic rings. The highest BCUT2D eigenvalue weighted by Crippen LogP contribution is 2.35. The summed E-state index contributed by atoms with van der Waals surface area (Å²) < 4.78 is 5.49. The Bertz CT molecular complexity index is 683. The van der Waals surface area contributed by atoms with Gasteiger partial charge in [-0.25, -0.2) is 0 Å². The van der Waals surface area contributed by atoms with Gasteiger partial charge in [-0.1, -0.05) is 0 Å². The van der Waals surface area contributed by atoms with Gasteiger partial charge in [-0.2, -0.15) is 0 Å². The van der Waals surface area contributed by atoms with Gasteiger partial charge < -0.3 is 14.5 Å². The summed E-state index contributed by atoms with van der Waals surface area (Å²) in [7, 11) is 0. The first-order chi connectivity index (χ1) is 12.6. The molecule has 3 fully saturated rings. The molecule has 2 aliphatic heterocycles. The molecule has 1 aliphatic carbocycles. The van der Waals surface area contributed by atoms with E-state index < -0.39 is 0 Å². The molecular formula is C20H27N3O3. The van der Waals surface area contributed by atoms with E-state index >= 15 is 0 Å². The molecule has 6 nitrogen and oxygen atoms in total.